The van der Waals surface area contributed by atoms with Crippen LogP contribution < -0.4 is 9.47 Å². The van der Waals surface area contributed by atoms with Gasteiger partial charge in [0.2, 0.25) is 0 Å². The van der Waals surface area contributed by atoms with Gasteiger partial charge >= 0.3 is 0 Å². The summed E-state index contributed by atoms with van der Waals surface area (Å²) in [7, 11) is 0. The highest BCUT2D eigenvalue weighted by atomic mass is 16.5. The van der Waals surface area contributed by atoms with E-state index in [1.165, 1.54) is 17.3 Å². The fourth-order valence-electron chi connectivity index (χ4n) is 4.45. The van der Waals surface area contributed by atoms with E-state index in [1.807, 2.05) is 43.3 Å². The third-order valence-corrected chi connectivity index (χ3v) is 6.28. The minimum atomic E-state index is -0.804. The number of aliphatic hydroxyl groups excluding tert-OH is 1. The van der Waals surface area contributed by atoms with Gasteiger partial charge in [-0.05, 0) is 48.7 Å². The Morgan fingerprint density at radius 3 is 2.41 bits per heavy atom. The maximum absolute atomic E-state index is 13.3. The summed E-state index contributed by atoms with van der Waals surface area (Å²) in [6.45, 7) is 5.23. The third-order valence-electron chi connectivity index (χ3n) is 6.28. The van der Waals surface area contributed by atoms with E-state index in [4.69, 9.17) is 9.47 Å². The summed E-state index contributed by atoms with van der Waals surface area (Å²) in [6, 6.07) is 17.3. The van der Waals surface area contributed by atoms with E-state index in [-0.39, 0.29) is 17.9 Å². The molecule has 1 fully saturated rings. The first-order valence-electron chi connectivity index (χ1n) is 12.7. The summed E-state index contributed by atoms with van der Waals surface area (Å²) >= 11 is 0. The van der Waals surface area contributed by atoms with Crippen molar-refractivity contribution >= 4 is 17.4 Å². The van der Waals surface area contributed by atoms with Gasteiger partial charge in [0.1, 0.15) is 5.76 Å². The van der Waals surface area contributed by atoms with Crippen molar-refractivity contribution in [3.05, 3.63) is 95.3 Å². The van der Waals surface area contributed by atoms with Gasteiger partial charge in [0.15, 0.2) is 11.5 Å². The molecule has 1 saturated heterocycles. The van der Waals surface area contributed by atoms with Crippen LogP contribution in [0.4, 0.5) is 0 Å². The van der Waals surface area contributed by atoms with Crippen LogP contribution in [0.15, 0.2) is 78.6 Å². The number of pyridine rings is 1. The number of hydrogen-bond acceptors (Lipinski definition) is 6. The number of benzene rings is 2. The minimum Gasteiger partial charge on any atom is -0.507 e. The van der Waals surface area contributed by atoms with Crippen LogP contribution in [0, 0.1) is 0 Å². The lowest BCUT2D eigenvalue weighted by Crippen LogP contribution is -2.29. The van der Waals surface area contributed by atoms with Gasteiger partial charge < -0.3 is 19.5 Å². The number of carbonyl (C=O) groups excluding carboxylic acids is 2. The number of nitrogens with zero attached hydrogens (tertiary/aromatic N) is 2. The highest BCUT2D eigenvalue weighted by Crippen LogP contribution is 2.42. The quantitative estimate of drug-likeness (QED) is 0.158. The van der Waals surface area contributed by atoms with E-state index >= 15 is 0 Å². The van der Waals surface area contributed by atoms with Crippen molar-refractivity contribution in [1.29, 1.82) is 0 Å². The summed E-state index contributed by atoms with van der Waals surface area (Å²) in [6.07, 6.45) is 6.17. The van der Waals surface area contributed by atoms with Crippen molar-refractivity contribution in [2.75, 3.05) is 13.2 Å². The number of aliphatic hydroxyl groups is 1. The van der Waals surface area contributed by atoms with Crippen LogP contribution in [-0.4, -0.2) is 39.9 Å². The van der Waals surface area contributed by atoms with Crippen molar-refractivity contribution in [3.63, 3.8) is 0 Å². The maximum Gasteiger partial charge on any atom is 0.295 e. The molecule has 1 atom stereocenters. The van der Waals surface area contributed by atoms with Gasteiger partial charge in [-0.2, -0.15) is 0 Å². The number of aromatic nitrogens is 1. The highest BCUT2D eigenvalue weighted by molar-refractivity contribution is 6.46. The summed E-state index contributed by atoms with van der Waals surface area (Å²) in [5, 5.41) is 11.2. The molecule has 2 aromatic carbocycles. The molecule has 37 heavy (non-hydrogen) atoms. The van der Waals surface area contributed by atoms with Crippen molar-refractivity contribution in [2.24, 2.45) is 0 Å². The molecule has 7 heteroatoms. The number of Topliss-reactive ketones (excluding diaryl/α,β-unsaturated/α-hetero) is 1. The molecule has 0 radical (unpaired) electrons. The molecular weight excluding hydrogens is 468 g/mol. The molecule has 1 N–H and O–H groups in total. The third kappa shape index (κ3) is 5.82. The topological polar surface area (TPSA) is 89.0 Å². The molecule has 4 rings (SSSR count). The SMILES string of the molecule is CCCCCOc1ccc(C2C(=C(O)c3ccncc3)C(=O)C(=O)N2Cc2ccccc2)cc1OCC. The van der Waals surface area contributed by atoms with Crippen LogP contribution in [0.25, 0.3) is 5.76 Å². The van der Waals surface area contributed by atoms with Gasteiger partial charge in [0.25, 0.3) is 11.7 Å². The summed E-state index contributed by atoms with van der Waals surface area (Å²) in [5.74, 6) is -0.490. The molecule has 3 aromatic rings. The summed E-state index contributed by atoms with van der Waals surface area (Å²) < 4.78 is 11.9. The molecule has 1 aromatic heterocycles. The molecule has 1 unspecified atom stereocenters. The second-order valence-corrected chi connectivity index (χ2v) is 8.84. The Labute approximate surface area is 217 Å². The molecule has 0 spiro atoms. The molecule has 1 amide bonds. The summed E-state index contributed by atoms with van der Waals surface area (Å²) in [4.78, 5) is 32.1. The van der Waals surface area contributed by atoms with E-state index < -0.39 is 17.7 Å². The number of ketones is 1. The van der Waals surface area contributed by atoms with Gasteiger partial charge in [0, 0.05) is 24.5 Å². The van der Waals surface area contributed by atoms with Gasteiger partial charge in [-0.15, -0.1) is 0 Å². The van der Waals surface area contributed by atoms with Gasteiger partial charge in [0.05, 0.1) is 24.8 Å². The lowest BCUT2D eigenvalue weighted by Gasteiger charge is -2.26. The Hall–Kier alpha value is -4.13. The molecular formula is C30H32N2O5. The molecule has 7 nitrogen and oxygen atoms in total. The minimum absolute atomic E-state index is 0.0335. The van der Waals surface area contributed by atoms with E-state index in [1.54, 1.807) is 24.3 Å². The molecule has 1 aliphatic heterocycles. The number of unbranched alkanes of at least 4 members (excludes halogenated alkanes) is 2. The van der Waals surface area contributed by atoms with Crippen molar-refractivity contribution in [3.8, 4) is 11.5 Å². The van der Waals surface area contributed by atoms with Crippen LogP contribution in [0.2, 0.25) is 0 Å². The number of likely N-dealkylation sites (tertiary alicyclic amines) is 1. The maximum atomic E-state index is 13.3. The van der Waals surface area contributed by atoms with E-state index in [0.717, 1.165) is 24.8 Å². The van der Waals surface area contributed by atoms with Crippen LogP contribution in [0.5, 0.6) is 11.5 Å². The van der Waals surface area contributed by atoms with Crippen molar-refractivity contribution in [1.82, 2.24) is 9.88 Å². The number of hydrogen-bond donors (Lipinski definition) is 1. The monoisotopic (exact) mass is 500 g/mol. The second-order valence-electron chi connectivity index (χ2n) is 8.84. The average Bonchev–Trinajstić information content (AvgIpc) is 3.17. The molecule has 0 saturated carbocycles. The van der Waals surface area contributed by atoms with Gasteiger partial charge in [-0.25, -0.2) is 0 Å². The standard InChI is InChI=1S/C30H32N2O5/c1-3-5-9-18-37-24-13-12-23(19-25(24)36-4-2)27-26(28(33)22-14-16-31-17-15-22)29(34)30(35)32(27)20-21-10-7-6-8-11-21/h6-8,10-17,19,27,33H,3-5,9,18,20H2,1-2H3. The molecule has 0 bridgehead atoms. The van der Waals surface area contributed by atoms with Crippen molar-refractivity contribution in [2.45, 2.75) is 45.7 Å². The highest BCUT2D eigenvalue weighted by Gasteiger charge is 2.46. The smallest absolute Gasteiger partial charge is 0.295 e. The first kappa shape index (κ1) is 25.9. The molecule has 1 aliphatic rings. The predicted molar refractivity (Wildman–Crippen MR) is 141 cm³/mol. The number of ether oxygens (including phenoxy) is 2. The van der Waals surface area contributed by atoms with Crippen LogP contribution in [0.3, 0.4) is 0 Å². The Morgan fingerprint density at radius 2 is 1.70 bits per heavy atom. The lowest BCUT2D eigenvalue weighted by molar-refractivity contribution is -0.140. The first-order valence-corrected chi connectivity index (χ1v) is 12.7. The largest absolute Gasteiger partial charge is 0.507 e. The van der Waals surface area contributed by atoms with Crippen molar-refractivity contribution < 1.29 is 24.2 Å². The van der Waals surface area contributed by atoms with Crippen LogP contribution in [-0.2, 0) is 16.1 Å². The van der Waals surface area contributed by atoms with Gasteiger partial charge in [-0.3, -0.25) is 14.6 Å². The zero-order valence-corrected chi connectivity index (χ0v) is 21.2. The fraction of sp³-hybridized carbons (Fsp3) is 0.300. The van der Waals surface area contributed by atoms with E-state index in [9.17, 15) is 14.7 Å². The zero-order valence-electron chi connectivity index (χ0n) is 21.2. The average molecular weight is 501 g/mol. The Balaban J connectivity index is 1.79. The molecule has 2 heterocycles. The normalized spacial score (nSPS) is 16.7. The van der Waals surface area contributed by atoms with Crippen LogP contribution in [0.1, 0.15) is 55.8 Å². The summed E-state index contributed by atoms with van der Waals surface area (Å²) in [5.41, 5.74) is 1.97. The number of carbonyl (C=O) groups is 2. The first-order chi connectivity index (χ1) is 18.0. The zero-order chi connectivity index (χ0) is 26.2. The Morgan fingerprint density at radius 1 is 0.946 bits per heavy atom. The predicted octanol–water partition coefficient (Wildman–Crippen LogP) is 5.67. The fourth-order valence-corrected chi connectivity index (χ4v) is 4.45. The number of rotatable bonds is 11. The van der Waals surface area contributed by atoms with E-state index in [0.29, 0.717) is 35.8 Å². The Bertz CT molecular complexity index is 1260. The second kappa shape index (κ2) is 12.2. The van der Waals surface area contributed by atoms with Crippen LogP contribution >= 0.6 is 0 Å². The Kier molecular flexibility index (Phi) is 8.56. The number of amides is 1. The molecule has 192 valence electrons. The lowest BCUT2D eigenvalue weighted by atomic mass is 9.95. The molecule has 0 aliphatic carbocycles. The van der Waals surface area contributed by atoms with E-state index in [2.05, 4.69) is 11.9 Å². The van der Waals surface area contributed by atoms with Gasteiger partial charge in [-0.1, -0.05) is 56.2 Å².